The van der Waals surface area contributed by atoms with Gasteiger partial charge in [0.2, 0.25) is 11.8 Å². The molecule has 1 aliphatic heterocycles. The van der Waals surface area contributed by atoms with E-state index >= 15 is 0 Å². The van der Waals surface area contributed by atoms with Gasteiger partial charge in [-0.1, -0.05) is 0 Å². The summed E-state index contributed by atoms with van der Waals surface area (Å²) in [5.74, 6) is 0.0599. The summed E-state index contributed by atoms with van der Waals surface area (Å²) in [6.07, 6.45) is 3.88. The van der Waals surface area contributed by atoms with E-state index in [0.717, 1.165) is 19.0 Å². The standard InChI is InChI=1S/C20H27FN6O3/c1-20(2,3)30-19(28)27-10-6-7-13(12-27)24-16-14(21)11-23-18(26-16)25-15-8-5-9-22-17(15)29-4/h5,8-9,11,13H,6-7,10,12H2,1-4H3,(H2,23,24,25,26)/t13-/m1/s1. The molecule has 30 heavy (non-hydrogen) atoms. The van der Waals surface area contributed by atoms with Crippen LogP contribution < -0.4 is 15.4 Å². The minimum absolute atomic E-state index is 0.0615. The highest BCUT2D eigenvalue weighted by Crippen LogP contribution is 2.25. The van der Waals surface area contributed by atoms with Crippen LogP contribution in [0.15, 0.2) is 24.5 Å². The van der Waals surface area contributed by atoms with E-state index in [1.54, 1.807) is 23.2 Å². The minimum atomic E-state index is -0.576. The van der Waals surface area contributed by atoms with Gasteiger partial charge in [-0.3, -0.25) is 0 Å². The van der Waals surface area contributed by atoms with Gasteiger partial charge < -0.3 is 25.0 Å². The van der Waals surface area contributed by atoms with Crippen LogP contribution in [0.25, 0.3) is 0 Å². The Hall–Kier alpha value is -3.17. The predicted molar refractivity (Wildman–Crippen MR) is 111 cm³/mol. The highest BCUT2D eigenvalue weighted by atomic mass is 19.1. The van der Waals surface area contributed by atoms with Gasteiger partial charge in [-0.05, 0) is 45.7 Å². The number of ether oxygens (including phenoxy) is 2. The number of pyridine rings is 1. The third kappa shape index (κ3) is 5.68. The second-order valence-corrected chi connectivity index (χ2v) is 7.99. The molecule has 0 saturated carbocycles. The van der Waals surface area contributed by atoms with Crippen molar-refractivity contribution in [2.45, 2.75) is 45.3 Å². The van der Waals surface area contributed by atoms with Crippen molar-refractivity contribution in [2.75, 3.05) is 30.8 Å². The number of likely N-dealkylation sites (tertiary alicyclic amines) is 1. The van der Waals surface area contributed by atoms with E-state index in [1.807, 2.05) is 20.8 Å². The number of hydrogen-bond donors (Lipinski definition) is 2. The Morgan fingerprint density at radius 2 is 2.13 bits per heavy atom. The zero-order valence-corrected chi connectivity index (χ0v) is 17.6. The third-order valence-corrected chi connectivity index (χ3v) is 4.37. The predicted octanol–water partition coefficient (Wildman–Crippen LogP) is 3.57. The molecule has 2 aromatic heterocycles. The Kier molecular flexibility index (Phi) is 6.53. The van der Waals surface area contributed by atoms with Crippen molar-refractivity contribution in [3.8, 4) is 5.88 Å². The number of piperidine rings is 1. The second-order valence-electron chi connectivity index (χ2n) is 7.99. The molecule has 0 aliphatic carbocycles. The Bertz CT molecular complexity index is 889. The van der Waals surface area contributed by atoms with Gasteiger partial charge in [0, 0.05) is 25.3 Å². The molecule has 1 aliphatic rings. The summed E-state index contributed by atoms with van der Waals surface area (Å²) in [6.45, 7) is 6.48. The first kappa shape index (κ1) is 21.5. The topological polar surface area (TPSA) is 102 Å². The molecular weight excluding hydrogens is 391 g/mol. The van der Waals surface area contributed by atoms with Gasteiger partial charge in [0.1, 0.15) is 11.3 Å². The Balaban J connectivity index is 1.69. The minimum Gasteiger partial charge on any atom is -0.480 e. The van der Waals surface area contributed by atoms with Crippen molar-refractivity contribution < 1.29 is 18.7 Å². The van der Waals surface area contributed by atoms with Crippen molar-refractivity contribution in [3.05, 3.63) is 30.3 Å². The molecule has 0 bridgehead atoms. The van der Waals surface area contributed by atoms with Crippen LogP contribution in [0, 0.1) is 5.82 Å². The first-order valence-electron chi connectivity index (χ1n) is 9.78. The average Bonchev–Trinajstić information content (AvgIpc) is 2.70. The summed E-state index contributed by atoms with van der Waals surface area (Å²) in [5.41, 5.74) is -0.00392. The fourth-order valence-corrected chi connectivity index (χ4v) is 3.08. The normalized spacial score (nSPS) is 16.7. The van der Waals surface area contributed by atoms with Crippen LogP contribution in [0.3, 0.4) is 0 Å². The lowest BCUT2D eigenvalue weighted by Crippen LogP contribution is -2.47. The zero-order valence-electron chi connectivity index (χ0n) is 17.6. The molecule has 3 heterocycles. The molecule has 1 atom stereocenters. The van der Waals surface area contributed by atoms with Crippen LogP contribution in [0.4, 0.5) is 26.6 Å². The fraction of sp³-hybridized carbons (Fsp3) is 0.500. The average molecular weight is 418 g/mol. The smallest absolute Gasteiger partial charge is 0.410 e. The summed E-state index contributed by atoms with van der Waals surface area (Å²) in [5, 5.41) is 6.07. The van der Waals surface area contributed by atoms with Crippen molar-refractivity contribution in [1.29, 1.82) is 0 Å². The molecule has 0 unspecified atom stereocenters. The maximum absolute atomic E-state index is 14.3. The largest absolute Gasteiger partial charge is 0.480 e. The lowest BCUT2D eigenvalue weighted by Gasteiger charge is -2.34. The number of carbonyl (C=O) groups is 1. The summed E-state index contributed by atoms with van der Waals surface area (Å²) >= 11 is 0. The monoisotopic (exact) mass is 418 g/mol. The Morgan fingerprint density at radius 1 is 1.33 bits per heavy atom. The number of anilines is 3. The number of nitrogens with zero attached hydrogens (tertiary/aromatic N) is 4. The van der Waals surface area contributed by atoms with Crippen LogP contribution in [-0.2, 0) is 4.74 Å². The summed E-state index contributed by atoms with van der Waals surface area (Å²) in [7, 11) is 1.51. The zero-order chi connectivity index (χ0) is 21.7. The molecule has 1 fully saturated rings. The number of halogens is 1. The Labute approximate surface area is 175 Å². The quantitative estimate of drug-likeness (QED) is 0.760. The maximum atomic E-state index is 14.3. The van der Waals surface area contributed by atoms with Crippen molar-refractivity contribution in [3.63, 3.8) is 0 Å². The molecule has 9 nitrogen and oxygen atoms in total. The van der Waals surface area contributed by atoms with E-state index in [2.05, 4.69) is 25.6 Å². The molecule has 1 amide bonds. The van der Waals surface area contributed by atoms with Crippen LogP contribution >= 0.6 is 0 Å². The molecule has 3 rings (SSSR count). The molecule has 2 aromatic rings. The summed E-state index contributed by atoms with van der Waals surface area (Å²) in [6, 6.07) is 3.34. The van der Waals surface area contributed by atoms with Gasteiger partial charge in [0.25, 0.3) is 0 Å². The van der Waals surface area contributed by atoms with Crippen LogP contribution in [-0.4, -0.2) is 57.8 Å². The van der Waals surface area contributed by atoms with Crippen molar-refractivity contribution in [2.24, 2.45) is 0 Å². The number of amides is 1. The molecule has 10 heteroatoms. The van der Waals surface area contributed by atoms with Crippen molar-refractivity contribution in [1.82, 2.24) is 19.9 Å². The van der Waals surface area contributed by atoms with Gasteiger partial charge >= 0.3 is 6.09 Å². The number of methoxy groups -OCH3 is 1. The lowest BCUT2D eigenvalue weighted by molar-refractivity contribution is 0.0206. The van der Waals surface area contributed by atoms with Crippen molar-refractivity contribution >= 4 is 23.5 Å². The maximum Gasteiger partial charge on any atom is 0.410 e. The molecule has 162 valence electrons. The van der Waals surface area contributed by atoms with E-state index in [0.29, 0.717) is 24.7 Å². The number of rotatable bonds is 5. The van der Waals surface area contributed by atoms with Gasteiger partial charge in [-0.25, -0.2) is 19.2 Å². The third-order valence-electron chi connectivity index (χ3n) is 4.37. The van der Waals surface area contributed by atoms with Crippen LogP contribution in [0.1, 0.15) is 33.6 Å². The molecule has 1 saturated heterocycles. The molecule has 0 spiro atoms. The van der Waals surface area contributed by atoms with E-state index in [1.165, 1.54) is 7.11 Å². The molecule has 0 aromatic carbocycles. The van der Waals surface area contributed by atoms with E-state index in [-0.39, 0.29) is 23.9 Å². The number of aromatic nitrogens is 3. The Morgan fingerprint density at radius 3 is 2.87 bits per heavy atom. The van der Waals surface area contributed by atoms with Gasteiger partial charge in [0.15, 0.2) is 11.6 Å². The van der Waals surface area contributed by atoms with E-state index in [4.69, 9.17) is 9.47 Å². The SMILES string of the molecule is COc1ncccc1Nc1ncc(F)c(N[C@@H]2CCCN(C(=O)OC(C)(C)C)C2)n1. The highest BCUT2D eigenvalue weighted by Gasteiger charge is 2.28. The van der Waals surface area contributed by atoms with E-state index in [9.17, 15) is 9.18 Å². The van der Waals surface area contributed by atoms with Crippen LogP contribution in [0.5, 0.6) is 5.88 Å². The first-order chi connectivity index (χ1) is 14.2. The van der Waals surface area contributed by atoms with Gasteiger partial charge in [0.05, 0.1) is 13.3 Å². The number of nitrogens with one attached hydrogen (secondary N) is 2. The molecular formula is C20H27FN6O3. The second kappa shape index (κ2) is 9.10. The highest BCUT2D eigenvalue weighted by molar-refractivity contribution is 5.68. The van der Waals surface area contributed by atoms with Gasteiger partial charge in [-0.2, -0.15) is 4.98 Å². The number of carbonyl (C=O) groups excluding carboxylic acids is 1. The lowest BCUT2D eigenvalue weighted by atomic mass is 10.1. The molecule has 0 radical (unpaired) electrons. The fourth-order valence-electron chi connectivity index (χ4n) is 3.08. The summed E-state index contributed by atoms with van der Waals surface area (Å²) in [4.78, 5) is 26.3. The van der Waals surface area contributed by atoms with Crippen LogP contribution in [0.2, 0.25) is 0 Å². The summed E-state index contributed by atoms with van der Waals surface area (Å²) < 4.78 is 25.0. The molecule has 2 N–H and O–H groups in total. The van der Waals surface area contributed by atoms with E-state index < -0.39 is 11.4 Å². The van der Waals surface area contributed by atoms with Gasteiger partial charge in [-0.15, -0.1) is 0 Å². The number of hydrogen-bond acceptors (Lipinski definition) is 8. The first-order valence-corrected chi connectivity index (χ1v) is 9.78.